The number of nitriles is 1. The zero-order valence-electron chi connectivity index (χ0n) is 9.46. The van der Waals surface area contributed by atoms with Crippen LogP contribution < -0.4 is 0 Å². The van der Waals surface area contributed by atoms with Crippen molar-refractivity contribution in [2.75, 3.05) is 5.75 Å². The van der Waals surface area contributed by atoms with E-state index < -0.39 is 26.8 Å². The summed E-state index contributed by atoms with van der Waals surface area (Å²) in [5.41, 5.74) is -0.660. The zero-order chi connectivity index (χ0) is 14.1. The second-order valence-electron chi connectivity index (χ2n) is 3.87. The third-order valence-electron chi connectivity index (χ3n) is 2.64. The predicted octanol–water partition coefficient (Wildman–Crippen LogP) is 2.66. The summed E-state index contributed by atoms with van der Waals surface area (Å²) in [6.45, 7) is 0. The fraction of sp³-hybridized carbons (Fsp3) is 0.273. The first kappa shape index (κ1) is 13.5. The summed E-state index contributed by atoms with van der Waals surface area (Å²) in [7, 11) is -2.81. The van der Waals surface area contributed by atoms with Gasteiger partial charge < -0.3 is 0 Å². The molecular formula is C11H8F3N3OS. The van der Waals surface area contributed by atoms with Crippen molar-refractivity contribution in [3.63, 3.8) is 0 Å². The Morgan fingerprint density at radius 2 is 2.21 bits per heavy atom. The Morgan fingerprint density at radius 1 is 1.47 bits per heavy atom. The van der Waals surface area contributed by atoms with E-state index in [2.05, 4.69) is 9.35 Å². The second kappa shape index (κ2) is 4.66. The van der Waals surface area contributed by atoms with Gasteiger partial charge in [0, 0.05) is 6.20 Å². The van der Waals surface area contributed by atoms with Gasteiger partial charge in [-0.05, 0) is 11.6 Å². The van der Waals surface area contributed by atoms with Crippen molar-refractivity contribution in [2.24, 2.45) is 4.36 Å². The van der Waals surface area contributed by atoms with Gasteiger partial charge in [0.1, 0.15) is 5.69 Å². The summed E-state index contributed by atoms with van der Waals surface area (Å²) in [5.74, 6) is 0.117. The molecule has 1 aliphatic heterocycles. The number of rotatable bonds is 1. The van der Waals surface area contributed by atoms with Crippen LogP contribution >= 0.6 is 0 Å². The maximum absolute atomic E-state index is 12.4. The lowest BCUT2D eigenvalue weighted by molar-refractivity contribution is -0.141. The molecule has 8 heteroatoms. The highest BCUT2D eigenvalue weighted by atomic mass is 32.2. The number of nitrogens with zero attached hydrogens (tertiary/aromatic N) is 3. The molecule has 1 aliphatic rings. The zero-order valence-corrected chi connectivity index (χ0v) is 10.3. The Hall–Kier alpha value is -1.88. The molecule has 19 heavy (non-hydrogen) atoms. The van der Waals surface area contributed by atoms with E-state index in [0.29, 0.717) is 5.56 Å². The van der Waals surface area contributed by atoms with E-state index >= 15 is 0 Å². The Labute approximate surface area is 107 Å². The first-order valence-corrected chi connectivity index (χ1v) is 6.93. The van der Waals surface area contributed by atoms with Gasteiger partial charge in [-0.25, -0.2) is 4.21 Å². The van der Waals surface area contributed by atoms with Gasteiger partial charge in [-0.1, -0.05) is 18.2 Å². The molecule has 0 N–H and O–H groups in total. The van der Waals surface area contributed by atoms with Crippen LogP contribution in [0.3, 0.4) is 0 Å². The smallest absolute Gasteiger partial charge is 0.251 e. The van der Waals surface area contributed by atoms with Crippen LogP contribution in [0.4, 0.5) is 13.2 Å². The standard InChI is InChI=1S/C11H8F3N3OS/c12-11(13,14)10-4-3-8(6-16-10)9-2-1-5-19(9,18)17-7-15/h1-4,6,9H,5H2. The highest BCUT2D eigenvalue weighted by Gasteiger charge is 2.33. The fourth-order valence-electron chi connectivity index (χ4n) is 1.77. The van der Waals surface area contributed by atoms with Crippen LogP contribution in [0, 0.1) is 11.5 Å². The molecule has 4 nitrogen and oxygen atoms in total. The largest absolute Gasteiger partial charge is 0.433 e. The summed E-state index contributed by atoms with van der Waals surface area (Å²) in [6.07, 6.45) is 1.19. The van der Waals surface area contributed by atoms with Crippen molar-refractivity contribution in [2.45, 2.75) is 11.4 Å². The van der Waals surface area contributed by atoms with Crippen LogP contribution in [0.5, 0.6) is 0 Å². The number of hydrogen-bond donors (Lipinski definition) is 0. The molecule has 0 spiro atoms. The van der Waals surface area contributed by atoms with Crippen LogP contribution in [-0.4, -0.2) is 14.9 Å². The van der Waals surface area contributed by atoms with Gasteiger partial charge in [-0.3, -0.25) is 4.98 Å². The van der Waals surface area contributed by atoms with E-state index in [0.717, 1.165) is 12.3 Å². The number of halogens is 3. The van der Waals surface area contributed by atoms with Gasteiger partial charge in [0.15, 0.2) is 0 Å². The van der Waals surface area contributed by atoms with E-state index in [1.54, 1.807) is 12.2 Å². The number of hydrogen-bond acceptors (Lipinski definition) is 4. The normalized spacial score (nSPS) is 26.1. The van der Waals surface area contributed by atoms with E-state index in [4.69, 9.17) is 5.26 Å². The Kier molecular flexibility index (Phi) is 3.32. The highest BCUT2D eigenvalue weighted by molar-refractivity contribution is 7.94. The van der Waals surface area contributed by atoms with Gasteiger partial charge in [0.25, 0.3) is 0 Å². The second-order valence-corrected chi connectivity index (χ2v) is 6.27. The molecule has 0 aromatic carbocycles. The van der Waals surface area contributed by atoms with Crippen molar-refractivity contribution in [1.29, 1.82) is 5.26 Å². The molecule has 0 radical (unpaired) electrons. The Balaban J connectivity index is 2.39. The third kappa shape index (κ3) is 2.61. The van der Waals surface area contributed by atoms with Crippen molar-refractivity contribution >= 4 is 9.73 Å². The molecule has 2 atom stereocenters. The fourth-order valence-corrected chi connectivity index (χ4v) is 3.61. The molecule has 0 saturated carbocycles. The molecule has 0 saturated heterocycles. The van der Waals surface area contributed by atoms with Crippen molar-refractivity contribution in [3.8, 4) is 6.19 Å². The van der Waals surface area contributed by atoms with E-state index in [9.17, 15) is 17.4 Å². The summed E-state index contributed by atoms with van der Waals surface area (Å²) >= 11 is 0. The lowest BCUT2D eigenvalue weighted by atomic mass is 10.2. The molecule has 2 unspecified atom stereocenters. The highest BCUT2D eigenvalue weighted by Crippen LogP contribution is 2.33. The monoisotopic (exact) mass is 287 g/mol. The lowest BCUT2D eigenvalue weighted by Gasteiger charge is -2.12. The predicted molar refractivity (Wildman–Crippen MR) is 62.2 cm³/mol. The first-order valence-electron chi connectivity index (χ1n) is 5.18. The molecule has 0 bridgehead atoms. The van der Waals surface area contributed by atoms with Crippen LogP contribution in [0.15, 0.2) is 34.8 Å². The van der Waals surface area contributed by atoms with Gasteiger partial charge in [-0.2, -0.15) is 18.4 Å². The maximum atomic E-state index is 12.4. The molecule has 0 aliphatic carbocycles. The van der Waals surface area contributed by atoms with Crippen LogP contribution in [0.2, 0.25) is 0 Å². The summed E-state index contributed by atoms with van der Waals surface area (Å²) < 4.78 is 52.8. The first-order chi connectivity index (χ1) is 8.87. The summed E-state index contributed by atoms with van der Waals surface area (Å²) in [4.78, 5) is 3.31. The molecule has 2 rings (SSSR count). The van der Waals surface area contributed by atoms with Crippen LogP contribution in [-0.2, 0) is 15.9 Å². The minimum Gasteiger partial charge on any atom is -0.251 e. The average molecular weight is 287 g/mol. The van der Waals surface area contributed by atoms with Crippen molar-refractivity contribution in [1.82, 2.24) is 4.98 Å². The number of pyridine rings is 1. The molecule has 1 aromatic heterocycles. The summed E-state index contributed by atoms with van der Waals surface area (Å²) in [6, 6.07) is 2.04. The third-order valence-corrected chi connectivity index (χ3v) is 4.93. The Morgan fingerprint density at radius 3 is 2.74 bits per heavy atom. The van der Waals surface area contributed by atoms with E-state index in [-0.39, 0.29) is 5.75 Å². The molecule has 100 valence electrons. The molecule has 2 heterocycles. The van der Waals surface area contributed by atoms with Gasteiger partial charge in [0.05, 0.1) is 20.7 Å². The van der Waals surface area contributed by atoms with Crippen LogP contribution in [0.25, 0.3) is 0 Å². The van der Waals surface area contributed by atoms with E-state index in [1.807, 2.05) is 0 Å². The minimum absolute atomic E-state index is 0.117. The quantitative estimate of drug-likeness (QED) is 0.589. The van der Waals surface area contributed by atoms with E-state index in [1.165, 1.54) is 12.3 Å². The summed E-state index contributed by atoms with van der Waals surface area (Å²) in [5, 5.41) is 7.83. The molecule has 0 amide bonds. The lowest BCUT2D eigenvalue weighted by Crippen LogP contribution is -2.11. The molecule has 0 fully saturated rings. The average Bonchev–Trinajstić information content (AvgIpc) is 2.70. The maximum Gasteiger partial charge on any atom is 0.433 e. The van der Waals surface area contributed by atoms with Gasteiger partial charge >= 0.3 is 6.18 Å². The molecule has 1 aromatic rings. The SMILES string of the molecule is N#CN=S1(=O)CC=CC1c1ccc(C(F)(F)F)nc1. The Bertz CT molecular complexity index is 664. The van der Waals surface area contributed by atoms with Gasteiger partial charge in [0.2, 0.25) is 6.19 Å². The van der Waals surface area contributed by atoms with Crippen molar-refractivity contribution < 1.29 is 17.4 Å². The van der Waals surface area contributed by atoms with Crippen molar-refractivity contribution in [3.05, 3.63) is 41.7 Å². The number of aromatic nitrogens is 1. The number of alkyl halides is 3. The van der Waals surface area contributed by atoms with Crippen LogP contribution in [0.1, 0.15) is 16.5 Å². The minimum atomic E-state index is -4.51. The molecular weight excluding hydrogens is 279 g/mol. The van der Waals surface area contributed by atoms with Gasteiger partial charge in [-0.15, -0.1) is 4.36 Å². The topological polar surface area (TPSA) is 66.1 Å².